The van der Waals surface area contributed by atoms with Crippen molar-refractivity contribution < 1.29 is 14.3 Å². The van der Waals surface area contributed by atoms with E-state index in [0.29, 0.717) is 5.02 Å². The number of ether oxygens (including phenoxy) is 1. The number of carbonyl (C=O) groups excluding carboxylic acids is 2. The highest BCUT2D eigenvalue weighted by Crippen LogP contribution is 2.12. The van der Waals surface area contributed by atoms with Crippen LogP contribution in [0.15, 0.2) is 60.7 Å². The summed E-state index contributed by atoms with van der Waals surface area (Å²) in [6, 6.07) is 16.2. The normalized spacial score (nSPS) is 10.5. The molecule has 0 radical (unpaired) electrons. The summed E-state index contributed by atoms with van der Waals surface area (Å²) in [5, 5.41) is 0.584. The van der Waals surface area contributed by atoms with Crippen LogP contribution >= 0.6 is 11.6 Å². The maximum Gasteiger partial charge on any atom is 0.331 e. The third-order valence-electron chi connectivity index (χ3n) is 3.12. The highest BCUT2D eigenvalue weighted by molar-refractivity contribution is 6.30. The number of carbonyl (C=O) groups is 2. The first-order valence-corrected chi connectivity index (χ1v) is 7.36. The maximum atomic E-state index is 12.0. The van der Waals surface area contributed by atoms with E-state index in [4.69, 9.17) is 16.3 Å². The van der Waals surface area contributed by atoms with Crippen LogP contribution in [0, 0.1) is 0 Å². The van der Waals surface area contributed by atoms with E-state index in [1.165, 1.54) is 11.0 Å². The number of amides is 1. The first kappa shape index (κ1) is 16.8. The second-order valence-corrected chi connectivity index (χ2v) is 5.22. The van der Waals surface area contributed by atoms with Crippen LogP contribution in [0.4, 0.5) is 5.69 Å². The van der Waals surface area contributed by atoms with Gasteiger partial charge in [0.15, 0.2) is 6.61 Å². The van der Waals surface area contributed by atoms with E-state index in [9.17, 15) is 9.59 Å². The zero-order valence-electron chi connectivity index (χ0n) is 12.6. The number of nitrogens with zero attached hydrogens (tertiary/aromatic N) is 1. The average Bonchev–Trinajstić information content (AvgIpc) is 2.58. The third-order valence-corrected chi connectivity index (χ3v) is 3.35. The largest absolute Gasteiger partial charge is 0.452 e. The van der Waals surface area contributed by atoms with Gasteiger partial charge in [0.2, 0.25) is 0 Å². The number of hydrogen-bond donors (Lipinski definition) is 0. The molecule has 0 aliphatic carbocycles. The second kappa shape index (κ2) is 8.15. The van der Waals surface area contributed by atoms with Crippen LogP contribution in [-0.2, 0) is 14.3 Å². The molecule has 0 spiro atoms. The van der Waals surface area contributed by atoms with E-state index in [1.807, 2.05) is 24.3 Å². The Morgan fingerprint density at radius 2 is 1.87 bits per heavy atom. The third kappa shape index (κ3) is 5.27. The predicted molar refractivity (Wildman–Crippen MR) is 91.3 cm³/mol. The van der Waals surface area contributed by atoms with Gasteiger partial charge in [-0.25, -0.2) is 4.79 Å². The molecule has 0 unspecified atom stereocenters. The average molecular weight is 330 g/mol. The molecule has 0 atom stereocenters. The Kier molecular flexibility index (Phi) is 5.94. The van der Waals surface area contributed by atoms with E-state index >= 15 is 0 Å². The molecule has 4 nitrogen and oxygen atoms in total. The minimum Gasteiger partial charge on any atom is -0.452 e. The van der Waals surface area contributed by atoms with Crippen molar-refractivity contribution in [1.82, 2.24) is 0 Å². The van der Waals surface area contributed by atoms with Gasteiger partial charge in [0, 0.05) is 23.8 Å². The standard InChI is InChI=1S/C18H16ClNO3/c1-20(16-8-3-2-4-9-16)17(21)13-23-18(22)11-10-14-6-5-7-15(19)12-14/h2-12H,13H2,1H3/b11-10+. The Balaban J connectivity index is 1.85. The Labute approximate surface area is 139 Å². The van der Waals surface area contributed by atoms with Crippen LogP contribution in [0.5, 0.6) is 0 Å². The molecule has 118 valence electrons. The molecule has 2 aromatic carbocycles. The number of rotatable bonds is 5. The van der Waals surface area contributed by atoms with Gasteiger partial charge in [-0.3, -0.25) is 4.79 Å². The molecule has 1 amide bonds. The monoisotopic (exact) mass is 329 g/mol. The van der Waals surface area contributed by atoms with Gasteiger partial charge in [0.25, 0.3) is 5.91 Å². The SMILES string of the molecule is CN(C(=O)COC(=O)/C=C/c1cccc(Cl)c1)c1ccccc1. The lowest BCUT2D eigenvalue weighted by atomic mass is 10.2. The Morgan fingerprint density at radius 3 is 2.57 bits per heavy atom. The fourth-order valence-electron chi connectivity index (χ4n) is 1.85. The van der Waals surface area contributed by atoms with Crippen LogP contribution in [0.3, 0.4) is 0 Å². The number of likely N-dealkylation sites (N-methyl/N-ethyl adjacent to an activating group) is 1. The fraction of sp³-hybridized carbons (Fsp3) is 0.111. The molecule has 2 rings (SSSR count). The summed E-state index contributed by atoms with van der Waals surface area (Å²) in [4.78, 5) is 25.1. The van der Waals surface area contributed by atoms with Crippen LogP contribution in [0.25, 0.3) is 6.08 Å². The summed E-state index contributed by atoms with van der Waals surface area (Å²) in [6.45, 7) is -0.315. The van der Waals surface area contributed by atoms with Gasteiger partial charge in [0.05, 0.1) is 0 Å². The van der Waals surface area contributed by atoms with Gasteiger partial charge in [-0.15, -0.1) is 0 Å². The minimum absolute atomic E-state index is 0.305. The van der Waals surface area contributed by atoms with Crippen molar-refractivity contribution in [1.29, 1.82) is 0 Å². The number of anilines is 1. The molecule has 23 heavy (non-hydrogen) atoms. The van der Waals surface area contributed by atoms with Crippen LogP contribution in [0.2, 0.25) is 5.02 Å². The molecule has 0 aromatic heterocycles. The van der Waals surface area contributed by atoms with Gasteiger partial charge >= 0.3 is 5.97 Å². The van der Waals surface area contributed by atoms with Crippen molar-refractivity contribution in [2.45, 2.75) is 0 Å². The number of halogens is 1. The summed E-state index contributed by atoms with van der Waals surface area (Å²) in [5.74, 6) is -0.888. The lowest BCUT2D eigenvalue weighted by molar-refractivity contribution is -0.142. The number of benzene rings is 2. The summed E-state index contributed by atoms with van der Waals surface area (Å²) >= 11 is 5.86. The number of hydrogen-bond acceptors (Lipinski definition) is 3. The first-order valence-electron chi connectivity index (χ1n) is 6.98. The molecule has 0 bridgehead atoms. The molecule has 0 aliphatic heterocycles. The topological polar surface area (TPSA) is 46.6 Å². The lowest BCUT2D eigenvalue weighted by Crippen LogP contribution is -2.30. The summed E-state index contributed by atoms with van der Waals surface area (Å²) in [6.07, 6.45) is 2.85. The van der Waals surface area contributed by atoms with Gasteiger partial charge < -0.3 is 9.64 Å². The van der Waals surface area contributed by atoms with Crippen molar-refractivity contribution in [3.8, 4) is 0 Å². The second-order valence-electron chi connectivity index (χ2n) is 4.78. The zero-order valence-corrected chi connectivity index (χ0v) is 13.4. The molecule has 0 heterocycles. The summed E-state index contributed by atoms with van der Waals surface area (Å²) < 4.78 is 4.95. The van der Waals surface area contributed by atoms with E-state index in [0.717, 1.165) is 11.3 Å². The molecule has 0 aliphatic rings. The van der Waals surface area contributed by atoms with Crippen LogP contribution in [-0.4, -0.2) is 25.5 Å². The van der Waals surface area contributed by atoms with E-state index in [2.05, 4.69) is 0 Å². The molecular weight excluding hydrogens is 314 g/mol. The predicted octanol–water partition coefficient (Wildman–Crippen LogP) is 3.56. The summed E-state index contributed by atoms with van der Waals surface area (Å²) in [5.41, 5.74) is 1.52. The molecule has 2 aromatic rings. The molecule has 0 N–H and O–H groups in total. The molecular formula is C18H16ClNO3. The van der Waals surface area contributed by atoms with E-state index in [1.54, 1.807) is 43.5 Å². The van der Waals surface area contributed by atoms with Crippen molar-refractivity contribution in [2.75, 3.05) is 18.6 Å². The summed E-state index contributed by atoms with van der Waals surface area (Å²) in [7, 11) is 1.63. The van der Waals surface area contributed by atoms with Gasteiger partial charge in [-0.2, -0.15) is 0 Å². The highest BCUT2D eigenvalue weighted by Gasteiger charge is 2.12. The van der Waals surface area contributed by atoms with Gasteiger partial charge in [-0.1, -0.05) is 41.9 Å². The lowest BCUT2D eigenvalue weighted by Gasteiger charge is -2.16. The zero-order chi connectivity index (χ0) is 16.7. The maximum absolute atomic E-state index is 12.0. The smallest absolute Gasteiger partial charge is 0.331 e. The highest BCUT2D eigenvalue weighted by atomic mass is 35.5. The van der Waals surface area contributed by atoms with E-state index < -0.39 is 5.97 Å². The van der Waals surface area contributed by atoms with Crippen LogP contribution in [0.1, 0.15) is 5.56 Å². The molecule has 0 saturated carbocycles. The van der Waals surface area contributed by atoms with Gasteiger partial charge in [-0.05, 0) is 35.9 Å². The van der Waals surface area contributed by atoms with Crippen molar-refractivity contribution >= 4 is 35.2 Å². The minimum atomic E-state index is -0.584. The Hall–Kier alpha value is -2.59. The van der Waals surface area contributed by atoms with Crippen molar-refractivity contribution in [3.05, 3.63) is 71.3 Å². The van der Waals surface area contributed by atoms with Crippen molar-refractivity contribution in [3.63, 3.8) is 0 Å². The number of para-hydroxylation sites is 1. The molecule has 0 saturated heterocycles. The first-order chi connectivity index (χ1) is 11.1. The Morgan fingerprint density at radius 1 is 1.13 bits per heavy atom. The van der Waals surface area contributed by atoms with Gasteiger partial charge in [0.1, 0.15) is 0 Å². The number of esters is 1. The van der Waals surface area contributed by atoms with Crippen LogP contribution < -0.4 is 4.90 Å². The fourth-order valence-corrected chi connectivity index (χ4v) is 2.05. The van der Waals surface area contributed by atoms with E-state index in [-0.39, 0.29) is 12.5 Å². The molecule has 0 fully saturated rings. The Bertz CT molecular complexity index is 713. The van der Waals surface area contributed by atoms with Crippen molar-refractivity contribution in [2.24, 2.45) is 0 Å². The quantitative estimate of drug-likeness (QED) is 0.622. The molecule has 5 heteroatoms.